The van der Waals surface area contributed by atoms with E-state index >= 15 is 0 Å². The Kier molecular flexibility index (Phi) is 11.4. The Morgan fingerprint density at radius 2 is 1.58 bits per heavy atom. The van der Waals surface area contributed by atoms with Crippen LogP contribution in [0.2, 0.25) is 0 Å². The summed E-state index contributed by atoms with van der Waals surface area (Å²) < 4.78 is 5.23. The van der Waals surface area contributed by atoms with Crippen LogP contribution in [0.1, 0.15) is 82.7 Å². The number of imidazole rings is 2. The van der Waals surface area contributed by atoms with E-state index in [9.17, 15) is 4.79 Å². The van der Waals surface area contributed by atoms with Crippen LogP contribution in [-0.2, 0) is 17.6 Å². The van der Waals surface area contributed by atoms with Crippen LogP contribution in [-0.4, -0.2) is 51.3 Å². The van der Waals surface area contributed by atoms with Crippen LogP contribution in [0, 0.1) is 11.8 Å². The first-order valence-electron chi connectivity index (χ1n) is 13.7. The molecule has 1 amide bonds. The van der Waals surface area contributed by atoms with Gasteiger partial charge in [-0.25, -0.2) is 14.8 Å². The van der Waals surface area contributed by atoms with Gasteiger partial charge in [-0.2, -0.15) is 0 Å². The summed E-state index contributed by atoms with van der Waals surface area (Å²) in [6.07, 6.45) is 10.3. The van der Waals surface area contributed by atoms with Crippen molar-refractivity contribution in [1.82, 2.24) is 30.6 Å². The maximum absolute atomic E-state index is 11.7. The van der Waals surface area contributed by atoms with Gasteiger partial charge in [0.05, 0.1) is 18.1 Å². The molecule has 3 aromatic rings. The largest absolute Gasteiger partial charge is 0.444 e. The first-order chi connectivity index (χ1) is 18.3. The van der Waals surface area contributed by atoms with Crippen molar-refractivity contribution >= 4 is 6.09 Å². The number of amides is 1. The lowest BCUT2D eigenvalue weighted by atomic mass is 10.1. The second-order valence-corrected chi connectivity index (χ2v) is 10.4. The zero-order valence-electron chi connectivity index (χ0n) is 23.2. The van der Waals surface area contributed by atoms with Crippen LogP contribution in [0.15, 0.2) is 36.7 Å². The number of H-pyrrole nitrogens is 2. The number of alkyl carbamates (subject to hydrolysis) is 1. The molecule has 0 bridgehead atoms. The zero-order valence-corrected chi connectivity index (χ0v) is 23.2. The molecule has 0 saturated heterocycles. The number of benzene rings is 1. The van der Waals surface area contributed by atoms with Crippen LogP contribution in [0.25, 0.3) is 11.3 Å². The van der Waals surface area contributed by atoms with Crippen molar-refractivity contribution < 1.29 is 9.53 Å². The van der Waals surface area contributed by atoms with E-state index in [1.54, 1.807) is 6.20 Å². The highest BCUT2D eigenvalue weighted by atomic mass is 16.6. The fourth-order valence-electron chi connectivity index (χ4n) is 3.83. The number of nitrogens with one attached hydrogen (secondary N) is 4. The van der Waals surface area contributed by atoms with Crippen molar-refractivity contribution in [2.75, 3.05) is 19.6 Å². The van der Waals surface area contributed by atoms with Crippen LogP contribution in [0.4, 0.5) is 4.79 Å². The van der Waals surface area contributed by atoms with Crippen molar-refractivity contribution in [1.29, 1.82) is 0 Å². The molecule has 0 radical (unpaired) electrons. The van der Waals surface area contributed by atoms with Gasteiger partial charge in [0.1, 0.15) is 22.9 Å². The van der Waals surface area contributed by atoms with Gasteiger partial charge < -0.3 is 25.3 Å². The molecule has 2 aromatic heterocycles. The van der Waals surface area contributed by atoms with Gasteiger partial charge >= 0.3 is 6.09 Å². The summed E-state index contributed by atoms with van der Waals surface area (Å²) in [6.45, 7) is 10.5. The number of carbonyl (C=O) groups excluding carboxylic acids is 1. The number of aromatic nitrogens is 4. The first-order valence-corrected chi connectivity index (χ1v) is 13.7. The molecule has 1 aromatic carbocycles. The SMILES string of the molecule is CCCNCCCCc1ncc(-c2ccc(C#Cc3cnc(CCCCNC(=O)OC(C)(C)C)[nH]3)cc2)[nH]1. The summed E-state index contributed by atoms with van der Waals surface area (Å²) in [5.41, 5.74) is 3.38. The topological polar surface area (TPSA) is 108 Å². The van der Waals surface area contributed by atoms with Crippen molar-refractivity contribution in [2.45, 2.75) is 78.2 Å². The Morgan fingerprint density at radius 1 is 0.895 bits per heavy atom. The average molecular weight is 519 g/mol. The third-order valence-electron chi connectivity index (χ3n) is 5.75. The highest BCUT2D eigenvalue weighted by Gasteiger charge is 2.15. The van der Waals surface area contributed by atoms with Gasteiger partial charge in [0.15, 0.2) is 0 Å². The molecule has 0 fully saturated rings. The number of unbranched alkanes of at least 4 members (excludes halogenated alkanes) is 2. The van der Waals surface area contributed by atoms with Crippen LogP contribution >= 0.6 is 0 Å². The van der Waals surface area contributed by atoms with E-state index in [0.717, 1.165) is 85.8 Å². The molecule has 0 unspecified atom stereocenters. The predicted molar refractivity (Wildman–Crippen MR) is 152 cm³/mol. The average Bonchev–Trinajstić information content (AvgIpc) is 3.54. The summed E-state index contributed by atoms with van der Waals surface area (Å²) >= 11 is 0. The van der Waals surface area contributed by atoms with Crippen molar-refractivity contribution in [3.8, 4) is 23.1 Å². The molecule has 0 spiro atoms. The molecule has 4 N–H and O–H groups in total. The normalized spacial score (nSPS) is 11.2. The maximum atomic E-state index is 11.7. The van der Waals surface area contributed by atoms with E-state index < -0.39 is 5.60 Å². The monoisotopic (exact) mass is 518 g/mol. The molecule has 0 saturated carbocycles. The Hall–Kier alpha value is -3.57. The van der Waals surface area contributed by atoms with Crippen LogP contribution in [0.5, 0.6) is 0 Å². The maximum Gasteiger partial charge on any atom is 0.407 e. The minimum atomic E-state index is -0.480. The molecule has 3 rings (SSSR count). The number of rotatable bonds is 13. The van der Waals surface area contributed by atoms with E-state index in [1.807, 2.05) is 39.1 Å². The smallest absolute Gasteiger partial charge is 0.407 e. The van der Waals surface area contributed by atoms with E-state index in [1.165, 1.54) is 6.42 Å². The highest BCUT2D eigenvalue weighted by molar-refractivity contribution is 5.67. The second-order valence-electron chi connectivity index (χ2n) is 10.4. The Bertz CT molecular complexity index is 1180. The standard InChI is InChI=1S/C30H42N6O2/c1-5-18-31-19-8-6-11-28-34-22-26(36-28)24-15-12-23(13-16-24)14-17-25-21-33-27(35-25)10-7-9-20-32-29(37)38-30(2,3)4/h12-13,15-16,21-22,31H,5-11,18-20H2,1-4H3,(H,32,37)(H,33,35)(H,34,36). The minimum Gasteiger partial charge on any atom is -0.444 e. The number of aryl methyl sites for hydroxylation is 2. The Morgan fingerprint density at radius 3 is 2.29 bits per heavy atom. The van der Waals surface area contributed by atoms with E-state index in [0.29, 0.717) is 6.54 Å². The van der Waals surface area contributed by atoms with Gasteiger partial charge in [-0.15, -0.1) is 0 Å². The molecule has 38 heavy (non-hydrogen) atoms. The number of hydrogen-bond donors (Lipinski definition) is 4. The quantitative estimate of drug-likeness (QED) is 0.180. The fraction of sp³-hybridized carbons (Fsp3) is 0.500. The third-order valence-corrected chi connectivity index (χ3v) is 5.75. The number of nitrogens with zero attached hydrogens (tertiary/aromatic N) is 2. The summed E-state index contributed by atoms with van der Waals surface area (Å²) in [5.74, 6) is 8.29. The number of aromatic amines is 2. The minimum absolute atomic E-state index is 0.378. The third kappa shape index (κ3) is 10.8. The molecule has 8 nitrogen and oxygen atoms in total. The lowest BCUT2D eigenvalue weighted by Crippen LogP contribution is -2.33. The van der Waals surface area contributed by atoms with Crippen molar-refractivity contribution in [2.24, 2.45) is 0 Å². The summed E-state index contributed by atoms with van der Waals surface area (Å²) in [5, 5.41) is 6.22. The van der Waals surface area contributed by atoms with E-state index in [-0.39, 0.29) is 6.09 Å². The van der Waals surface area contributed by atoms with Gasteiger partial charge in [-0.05, 0) is 89.6 Å². The van der Waals surface area contributed by atoms with E-state index in [2.05, 4.69) is 61.5 Å². The fourth-order valence-corrected chi connectivity index (χ4v) is 3.83. The molecular formula is C30H42N6O2. The Balaban J connectivity index is 1.40. The molecule has 204 valence electrons. The molecule has 2 heterocycles. The second kappa shape index (κ2) is 15.0. The predicted octanol–water partition coefficient (Wildman–Crippen LogP) is 5.37. The molecular weight excluding hydrogens is 476 g/mol. The van der Waals surface area contributed by atoms with Gasteiger partial charge in [0, 0.05) is 24.9 Å². The van der Waals surface area contributed by atoms with Gasteiger partial charge in [-0.1, -0.05) is 25.0 Å². The van der Waals surface area contributed by atoms with Crippen molar-refractivity contribution in [3.05, 3.63) is 59.6 Å². The molecule has 0 atom stereocenters. The Labute approximate surface area is 226 Å². The van der Waals surface area contributed by atoms with Gasteiger partial charge in [-0.3, -0.25) is 0 Å². The van der Waals surface area contributed by atoms with E-state index in [4.69, 9.17) is 4.74 Å². The molecule has 8 heteroatoms. The molecule has 0 aliphatic carbocycles. The van der Waals surface area contributed by atoms with Gasteiger partial charge in [0.2, 0.25) is 0 Å². The van der Waals surface area contributed by atoms with Crippen molar-refractivity contribution in [3.63, 3.8) is 0 Å². The lowest BCUT2D eigenvalue weighted by molar-refractivity contribution is 0.0527. The van der Waals surface area contributed by atoms with Crippen LogP contribution < -0.4 is 10.6 Å². The van der Waals surface area contributed by atoms with Crippen LogP contribution in [0.3, 0.4) is 0 Å². The highest BCUT2D eigenvalue weighted by Crippen LogP contribution is 2.18. The first kappa shape index (κ1) is 29.0. The number of ether oxygens (including phenoxy) is 1. The molecule has 0 aliphatic rings. The summed E-state index contributed by atoms with van der Waals surface area (Å²) in [4.78, 5) is 27.3. The molecule has 0 aliphatic heterocycles. The zero-order chi connectivity index (χ0) is 27.2. The number of hydrogen-bond acceptors (Lipinski definition) is 5. The summed E-state index contributed by atoms with van der Waals surface area (Å²) in [7, 11) is 0. The van der Waals surface area contributed by atoms with Gasteiger partial charge in [0.25, 0.3) is 0 Å². The summed E-state index contributed by atoms with van der Waals surface area (Å²) in [6, 6.07) is 8.19. The lowest BCUT2D eigenvalue weighted by Gasteiger charge is -2.19. The number of carbonyl (C=O) groups is 1.